The second-order valence-corrected chi connectivity index (χ2v) is 3.52. The minimum atomic E-state index is -0.200. The topological polar surface area (TPSA) is 66.9 Å². The number of nitrogens with one attached hydrogen (secondary N) is 2. The van der Waals surface area contributed by atoms with Gasteiger partial charge in [0.2, 0.25) is 0 Å². The summed E-state index contributed by atoms with van der Waals surface area (Å²) in [5, 5.41) is 13.3. The molecular weight excluding hydrogens is 192 g/mol. The Hall–Kier alpha value is -1.65. The molecule has 0 saturated heterocycles. The fourth-order valence-electron chi connectivity index (χ4n) is 1.26. The van der Waals surface area contributed by atoms with Gasteiger partial charge in [-0.15, -0.1) is 10.2 Å². The van der Waals surface area contributed by atoms with Crippen LogP contribution in [0.4, 0.5) is 5.82 Å². The Morgan fingerprint density at radius 1 is 1.40 bits per heavy atom. The van der Waals surface area contributed by atoms with E-state index < -0.39 is 0 Å². The van der Waals surface area contributed by atoms with Crippen LogP contribution in [0, 0.1) is 0 Å². The van der Waals surface area contributed by atoms with Gasteiger partial charge < -0.3 is 10.6 Å². The van der Waals surface area contributed by atoms with Gasteiger partial charge in [0, 0.05) is 16.9 Å². The fraction of sp³-hybridized carbons (Fsp3) is 0.500. The van der Waals surface area contributed by atoms with Gasteiger partial charge in [0.05, 0.1) is 0 Å². The van der Waals surface area contributed by atoms with E-state index in [1.165, 1.54) is 0 Å². The van der Waals surface area contributed by atoms with Crippen molar-refractivity contribution in [3.05, 3.63) is 17.3 Å². The molecule has 0 saturated carbocycles. The predicted octanol–water partition coefficient (Wildman–Crippen LogP) is 1.49. The Morgan fingerprint density at radius 2 is 2.07 bits per heavy atom. The quantitative estimate of drug-likeness (QED) is 0.796. The Balaban J connectivity index is 0. The van der Waals surface area contributed by atoms with Crippen LogP contribution in [0.1, 0.15) is 38.7 Å². The highest BCUT2D eigenvalue weighted by atomic mass is 16.1. The van der Waals surface area contributed by atoms with E-state index >= 15 is 0 Å². The maximum atomic E-state index is 11.5. The van der Waals surface area contributed by atoms with Gasteiger partial charge in [0.15, 0.2) is 5.69 Å². The average molecular weight is 212 g/mol. The number of aromatic nitrogens is 2. The molecule has 0 aromatic carbocycles. The van der Waals surface area contributed by atoms with Gasteiger partial charge in [-0.2, -0.15) is 0 Å². The van der Waals surface area contributed by atoms with Crippen LogP contribution < -0.4 is 10.6 Å². The van der Waals surface area contributed by atoms with Crippen LogP contribution in [0.2, 0.25) is 0 Å². The summed E-state index contributed by atoms with van der Waals surface area (Å²) in [5.74, 6) is 0.708. The summed E-state index contributed by atoms with van der Waals surface area (Å²) in [5.41, 5.74) is 1.29. The molecule has 0 aliphatic heterocycles. The fourth-order valence-corrected chi connectivity index (χ4v) is 1.26. The maximum absolute atomic E-state index is 11.5. The molecule has 2 N–H and O–H groups in total. The van der Waals surface area contributed by atoms with Crippen LogP contribution in [0.5, 0.6) is 0 Å². The minimum absolute atomic E-state index is 0. The summed E-state index contributed by atoms with van der Waals surface area (Å²) in [7, 11) is 3.35. The lowest BCUT2D eigenvalue weighted by Gasteiger charge is -2.11. The number of nitrogens with zero attached hydrogens (tertiary/aromatic N) is 2. The van der Waals surface area contributed by atoms with Crippen molar-refractivity contribution in [3.8, 4) is 0 Å². The van der Waals surface area contributed by atoms with Crippen LogP contribution in [-0.2, 0) is 0 Å². The average Bonchev–Trinajstić information content (AvgIpc) is 2.27. The second-order valence-electron chi connectivity index (χ2n) is 3.52. The molecule has 0 unspecified atom stereocenters. The molecule has 0 bridgehead atoms. The van der Waals surface area contributed by atoms with Crippen molar-refractivity contribution < 1.29 is 7.65 Å². The van der Waals surface area contributed by atoms with E-state index in [4.69, 9.17) is 0 Å². The van der Waals surface area contributed by atoms with Crippen molar-refractivity contribution in [3.63, 3.8) is 0 Å². The number of hydrogen-bond acceptors (Lipinski definition) is 4. The molecule has 0 atom stereocenters. The number of rotatable bonds is 3. The van der Waals surface area contributed by atoms with Crippen LogP contribution in [0.3, 0.4) is 0 Å². The molecule has 5 heteroatoms. The van der Waals surface area contributed by atoms with Crippen LogP contribution in [-0.4, -0.2) is 30.2 Å². The lowest BCUT2D eigenvalue weighted by molar-refractivity contribution is 0.0955. The number of amides is 1. The standard InChI is InChI=1S/C10H16N4O.2H2/c1-6(2)7-5-8(11-3)13-14-9(7)10(15)12-4;;/h5-6H,1-4H3,(H,11,13)(H,12,15);2*1H. The molecule has 1 heterocycles. The number of carbonyl (C=O) groups is 1. The zero-order valence-corrected chi connectivity index (χ0v) is 9.46. The third kappa shape index (κ3) is 2.43. The van der Waals surface area contributed by atoms with E-state index in [0.29, 0.717) is 11.5 Å². The van der Waals surface area contributed by atoms with E-state index in [9.17, 15) is 4.79 Å². The summed E-state index contributed by atoms with van der Waals surface area (Å²) in [6.45, 7) is 4.03. The highest BCUT2D eigenvalue weighted by Gasteiger charge is 2.15. The van der Waals surface area contributed by atoms with Crippen molar-refractivity contribution in [2.75, 3.05) is 19.4 Å². The van der Waals surface area contributed by atoms with Crippen molar-refractivity contribution in [1.29, 1.82) is 0 Å². The molecule has 1 aromatic heterocycles. The largest absolute Gasteiger partial charge is 0.372 e. The van der Waals surface area contributed by atoms with Crippen LogP contribution in [0.15, 0.2) is 6.07 Å². The summed E-state index contributed by atoms with van der Waals surface area (Å²) >= 11 is 0. The molecular formula is C10H20N4O. The third-order valence-electron chi connectivity index (χ3n) is 2.14. The Kier molecular flexibility index (Phi) is 3.60. The van der Waals surface area contributed by atoms with E-state index in [1.807, 2.05) is 19.9 Å². The normalized spacial score (nSPS) is 10.2. The molecule has 15 heavy (non-hydrogen) atoms. The first-order valence-corrected chi connectivity index (χ1v) is 4.87. The molecule has 86 valence electrons. The molecule has 0 aliphatic rings. The van der Waals surface area contributed by atoms with Gasteiger partial charge >= 0.3 is 0 Å². The van der Waals surface area contributed by atoms with E-state index in [1.54, 1.807) is 14.1 Å². The van der Waals surface area contributed by atoms with E-state index in [2.05, 4.69) is 20.8 Å². The van der Waals surface area contributed by atoms with Crippen LogP contribution in [0.25, 0.3) is 0 Å². The molecule has 0 fully saturated rings. The zero-order valence-electron chi connectivity index (χ0n) is 9.46. The highest BCUT2D eigenvalue weighted by Crippen LogP contribution is 2.19. The summed E-state index contributed by atoms with van der Waals surface area (Å²) in [6.07, 6.45) is 0. The second kappa shape index (κ2) is 4.72. The van der Waals surface area contributed by atoms with Crippen molar-refractivity contribution >= 4 is 11.7 Å². The molecule has 1 rings (SSSR count). The first kappa shape index (κ1) is 11.4. The molecule has 0 aliphatic carbocycles. The van der Waals surface area contributed by atoms with Crippen molar-refractivity contribution in [1.82, 2.24) is 15.5 Å². The van der Waals surface area contributed by atoms with E-state index in [-0.39, 0.29) is 14.7 Å². The van der Waals surface area contributed by atoms with Gasteiger partial charge in [-0.25, -0.2) is 0 Å². The summed E-state index contributed by atoms with van der Waals surface area (Å²) in [4.78, 5) is 11.5. The predicted molar refractivity (Wildman–Crippen MR) is 63.3 cm³/mol. The third-order valence-corrected chi connectivity index (χ3v) is 2.14. The smallest absolute Gasteiger partial charge is 0.271 e. The Bertz CT molecular complexity index is 371. The van der Waals surface area contributed by atoms with Gasteiger partial charge in [-0.1, -0.05) is 13.8 Å². The lowest BCUT2D eigenvalue weighted by atomic mass is 10.0. The maximum Gasteiger partial charge on any atom is 0.271 e. The lowest BCUT2D eigenvalue weighted by Crippen LogP contribution is -2.22. The number of hydrogen-bond donors (Lipinski definition) is 2. The molecule has 5 nitrogen and oxygen atoms in total. The first-order valence-electron chi connectivity index (χ1n) is 4.87. The summed E-state index contributed by atoms with van der Waals surface area (Å²) < 4.78 is 0. The molecule has 0 radical (unpaired) electrons. The molecule has 1 amide bonds. The molecule has 0 spiro atoms. The van der Waals surface area contributed by atoms with Crippen molar-refractivity contribution in [2.45, 2.75) is 19.8 Å². The highest BCUT2D eigenvalue weighted by molar-refractivity contribution is 5.93. The van der Waals surface area contributed by atoms with E-state index in [0.717, 1.165) is 5.56 Å². The number of anilines is 1. The monoisotopic (exact) mass is 212 g/mol. The summed E-state index contributed by atoms with van der Waals surface area (Å²) in [6, 6.07) is 1.85. The Labute approximate surface area is 92.3 Å². The van der Waals surface area contributed by atoms with Gasteiger partial charge in [0.25, 0.3) is 5.91 Å². The molecule has 1 aromatic rings. The van der Waals surface area contributed by atoms with Gasteiger partial charge in [-0.05, 0) is 17.5 Å². The SMILES string of the molecule is CNC(=O)c1nnc(NC)cc1C(C)C.[HH].[HH]. The Morgan fingerprint density at radius 3 is 2.53 bits per heavy atom. The van der Waals surface area contributed by atoms with Crippen molar-refractivity contribution in [2.24, 2.45) is 0 Å². The van der Waals surface area contributed by atoms with Crippen LogP contribution >= 0.6 is 0 Å². The van der Waals surface area contributed by atoms with Gasteiger partial charge in [0.1, 0.15) is 5.82 Å². The van der Waals surface area contributed by atoms with Gasteiger partial charge in [-0.3, -0.25) is 4.79 Å². The first-order chi connectivity index (χ1) is 7.10. The minimum Gasteiger partial charge on any atom is -0.372 e. The zero-order chi connectivity index (χ0) is 11.4. The number of carbonyl (C=O) groups excluding carboxylic acids is 1.